The summed E-state index contributed by atoms with van der Waals surface area (Å²) in [5, 5.41) is 0. The molecule has 0 aliphatic rings. The van der Waals surface area contributed by atoms with Crippen molar-refractivity contribution in [1.29, 1.82) is 0 Å². The van der Waals surface area contributed by atoms with Crippen LogP contribution in [0.15, 0.2) is 22.8 Å². The summed E-state index contributed by atoms with van der Waals surface area (Å²) in [6.07, 6.45) is 0. The predicted octanol–water partition coefficient (Wildman–Crippen LogP) is 3.07. The fourth-order valence-corrected chi connectivity index (χ4v) is 1.26. The van der Waals surface area contributed by atoms with Crippen molar-refractivity contribution < 1.29 is 4.79 Å². The number of hydrogen-bond donors (Lipinski definition) is 0. The molecule has 0 aliphatic carbocycles. The number of rotatable bonds is 1. The summed E-state index contributed by atoms with van der Waals surface area (Å²) in [5.74, 6) is 0.0637. The molecule has 0 spiro atoms. The lowest BCUT2D eigenvalue weighted by molar-refractivity contribution is 0.0852. The summed E-state index contributed by atoms with van der Waals surface area (Å²) >= 11 is 3.23. The van der Waals surface area contributed by atoms with Crippen LogP contribution in [-0.4, -0.2) is 10.8 Å². The van der Waals surface area contributed by atoms with Gasteiger partial charge in [0, 0.05) is 5.41 Å². The average Bonchev–Trinajstić information content (AvgIpc) is 2.01. The summed E-state index contributed by atoms with van der Waals surface area (Å²) in [4.78, 5) is 15.8. The topological polar surface area (TPSA) is 30.0 Å². The second kappa shape index (κ2) is 3.58. The third-order valence-electron chi connectivity index (χ3n) is 1.63. The zero-order chi connectivity index (χ0) is 10.1. The van der Waals surface area contributed by atoms with Crippen LogP contribution in [0, 0.1) is 5.41 Å². The molecule has 0 N–H and O–H groups in total. The number of aromatic nitrogens is 1. The molecule has 13 heavy (non-hydrogen) atoms. The molecule has 0 bridgehead atoms. The number of carbonyl (C=O) groups excluding carboxylic acids is 1. The summed E-state index contributed by atoms with van der Waals surface area (Å²) in [6.45, 7) is 5.66. The maximum Gasteiger partial charge on any atom is 0.186 e. The van der Waals surface area contributed by atoms with Gasteiger partial charge in [0.25, 0.3) is 0 Å². The van der Waals surface area contributed by atoms with Crippen LogP contribution in [0.2, 0.25) is 0 Å². The molecule has 1 heterocycles. The standard InChI is InChI=1S/C10H12BrNO/c1-10(2,3)9(13)7-5-4-6-8(11)12-7/h4-6H,1-3H3. The molecule has 0 saturated heterocycles. The van der Waals surface area contributed by atoms with Gasteiger partial charge in [-0.2, -0.15) is 0 Å². The molecular formula is C10H12BrNO. The lowest BCUT2D eigenvalue weighted by atomic mass is 9.89. The first-order valence-electron chi connectivity index (χ1n) is 4.08. The van der Waals surface area contributed by atoms with Gasteiger partial charge in [0.15, 0.2) is 5.78 Å². The molecule has 0 aliphatic heterocycles. The SMILES string of the molecule is CC(C)(C)C(=O)c1cccc(Br)n1. The first-order chi connectivity index (χ1) is 5.91. The van der Waals surface area contributed by atoms with E-state index < -0.39 is 0 Å². The van der Waals surface area contributed by atoms with Gasteiger partial charge >= 0.3 is 0 Å². The van der Waals surface area contributed by atoms with Gasteiger partial charge in [0.05, 0.1) is 0 Å². The molecule has 70 valence electrons. The summed E-state index contributed by atoms with van der Waals surface area (Å²) < 4.78 is 0.697. The van der Waals surface area contributed by atoms with Crippen LogP contribution in [0.25, 0.3) is 0 Å². The number of halogens is 1. The van der Waals surface area contributed by atoms with Crippen LogP contribution in [0.4, 0.5) is 0 Å². The van der Waals surface area contributed by atoms with E-state index in [9.17, 15) is 4.79 Å². The predicted molar refractivity (Wildman–Crippen MR) is 55.7 cm³/mol. The van der Waals surface area contributed by atoms with E-state index in [0.29, 0.717) is 10.3 Å². The van der Waals surface area contributed by atoms with E-state index in [1.807, 2.05) is 26.8 Å². The van der Waals surface area contributed by atoms with E-state index in [-0.39, 0.29) is 11.2 Å². The molecule has 0 unspecified atom stereocenters. The highest BCUT2D eigenvalue weighted by Crippen LogP contribution is 2.20. The van der Waals surface area contributed by atoms with Gasteiger partial charge in [-0.3, -0.25) is 4.79 Å². The Morgan fingerprint density at radius 1 is 1.38 bits per heavy atom. The van der Waals surface area contributed by atoms with Gasteiger partial charge in [-0.15, -0.1) is 0 Å². The fourth-order valence-electron chi connectivity index (χ4n) is 0.919. The molecule has 0 atom stereocenters. The minimum atomic E-state index is -0.367. The van der Waals surface area contributed by atoms with Crippen LogP contribution in [-0.2, 0) is 0 Å². The van der Waals surface area contributed by atoms with Crippen molar-refractivity contribution in [1.82, 2.24) is 4.98 Å². The Morgan fingerprint density at radius 2 is 2.00 bits per heavy atom. The molecule has 0 saturated carbocycles. The van der Waals surface area contributed by atoms with Crippen molar-refractivity contribution in [2.75, 3.05) is 0 Å². The monoisotopic (exact) mass is 241 g/mol. The number of hydrogen-bond acceptors (Lipinski definition) is 2. The van der Waals surface area contributed by atoms with Gasteiger partial charge in [-0.1, -0.05) is 26.8 Å². The number of ketones is 1. The lowest BCUT2D eigenvalue weighted by Gasteiger charge is -2.15. The van der Waals surface area contributed by atoms with E-state index in [4.69, 9.17) is 0 Å². The maximum atomic E-state index is 11.7. The van der Waals surface area contributed by atoms with Gasteiger partial charge in [-0.05, 0) is 28.1 Å². The number of pyridine rings is 1. The number of nitrogens with zero attached hydrogens (tertiary/aromatic N) is 1. The van der Waals surface area contributed by atoms with Gasteiger partial charge in [0.2, 0.25) is 0 Å². The first kappa shape index (κ1) is 10.4. The summed E-state index contributed by atoms with van der Waals surface area (Å²) in [6, 6.07) is 5.36. The largest absolute Gasteiger partial charge is 0.292 e. The van der Waals surface area contributed by atoms with E-state index in [2.05, 4.69) is 20.9 Å². The first-order valence-corrected chi connectivity index (χ1v) is 4.88. The summed E-state index contributed by atoms with van der Waals surface area (Å²) in [5.41, 5.74) is 0.148. The Labute approximate surface area is 86.5 Å². The molecule has 2 nitrogen and oxygen atoms in total. The Kier molecular flexibility index (Phi) is 2.86. The molecule has 1 aromatic heterocycles. The smallest absolute Gasteiger partial charge is 0.186 e. The molecule has 0 radical (unpaired) electrons. The molecule has 3 heteroatoms. The second-order valence-corrected chi connectivity index (χ2v) is 4.74. The highest BCUT2D eigenvalue weighted by Gasteiger charge is 2.23. The Bertz CT molecular complexity index is 328. The van der Waals surface area contributed by atoms with Gasteiger partial charge in [0.1, 0.15) is 10.3 Å². The van der Waals surface area contributed by atoms with Gasteiger partial charge in [-0.25, -0.2) is 4.98 Å². The second-order valence-electron chi connectivity index (χ2n) is 3.92. The van der Waals surface area contributed by atoms with E-state index in [0.717, 1.165) is 0 Å². The van der Waals surface area contributed by atoms with Crippen LogP contribution in [0.3, 0.4) is 0 Å². The average molecular weight is 242 g/mol. The highest BCUT2D eigenvalue weighted by molar-refractivity contribution is 9.10. The minimum absolute atomic E-state index is 0.0637. The van der Waals surface area contributed by atoms with Crippen LogP contribution in [0.5, 0.6) is 0 Å². The van der Waals surface area contributed by atoms with Crippen LogP contribution >= 0.6 is 15.9 Å². The Balaban J connectivity index is 3.03. The van der Waals surface area contributed by atoms with Crippen LogP contribution < -0.4 is 0 Å². The van der Waals surface area contributed by atoms with Crippen molar-refractivity contribution >= 4 is 21.7 Å². The highest BCUT2D eigenvalue weighted by atomic mass is 79.9. The van der Waals surface area contributed by atoms with Crippen molar-refractivity contribution in [3.05, 3.63) is 28.5 Å². The molecule has 0 aromatic carbocycles. The van der Waals surface area contributed by atoms with E-state index >= 15 is 0 Å². The third kappa shape index (κ3) is 2.62. The van der Waals surface area contributed by atoms with Crippen molar-refractivity contribution in [3.63, 3.8) is 0 Å². The van der Waals surface area contributed by atoms with Crippen molar-refractivity contribution in [2.24, 2.45) is 5.41 Å². The zero-order valence-electron chi connectivity index (χ0n) is 7.97. The molecule has 1 aromatic rings. The van der Waals surface area contributed by atoms with Gasteiger partial charge < -0.3 is 0 Å². The Hall–Kier alpha value is -0.700. The minimum Gasteiger partial charge on any atom is -0.292 e. The molecule has 0 amide bonds. The van der Waals surface area contributed by atoms with Crippen LogP contribution in [0.1, 0.15) is 31.3 Å². The van der Waals surface area contributed by atoms with Crippen molar-refractivity contribution in [2.45, 2.75) is 20.8 Å². The summed E-state index contributed by atoms with van der Waals surface area (Å²) in [7, 11) is 0. The zero-order valence-corrected chi connectivity index (χ0v) is 9.55. The molecule has 1 rings (SSSR count). The lowest BCUT2D eigenvalue weighted by Crippen LogP contribution is -2.21. The quantitative estimate of drug-likeness (QED) is 0.559. The van der Waals surface area contributed by atoms with Crippen molar-refractivity contribution in [3.8, 4) is 0 Å². The normalized spacial score (nSPS) is 11.4. The maximum absolute atomic E-state index is 11.7. The van der Waals surface area contributed by atoms with E-state index in [1.165, 1.54) is 0 Å². The number of Topliss-reactive ketones (excluding diaryl/α,β-unsaturated/α-hetero) is 1. The number of carbonyl (C=O) groups is 1. The third-order valence-corrected chi connectivity index (χ3v) is 2.07. The Morgan fingerprint density at radius 3 is 2.46 bits per heavy atom. The fraction of sp³-hybridized carbons (Fsp3) is 0.400. The molecular weight excluding hydrogens is 230 g/mol. The molecule has 0 fully saturated rings. The van der Waals surface area contributed by atoms with E-state index in [1.54, 1.807) is 12.1 Å².